The molecule has 2 saturated heterocycles. The molecule has 0 amide bonds. The molecule has 230 valence electrons. The summed E-state index contributed by atoms with van der Waals surface area (Å²) in [5, 5.41) is 7.92. The second-order valence-electron chi connectivity index (χ2n) is 11.6. The summed E-state index contributed by atoms with van der Waals surface area (Å²) in [7, 11) is 0. The van der Waals surface area contributed by atoms with Gasteiger partial charge in [0.1, 0.15) is 5.82 Å². The number of benzene rings is 2. The van der Waals surface area contributed by atoms with E-state index < -0.39 is 18.1 Å². The molecule has 10 nitrogen and oxygen atoms in total. The van der Waals surface area contributed by atoms with Crippen LogP contribution in [0.2, 0.25) is 0 Å². The molecule has 2 aliphatic heterocycles. The summed E-state index contributed by atoms with van der Waals surface area (Å²) >= 11 is 0. The highest BCUT2D eigenvalue weighted by atomic mass is 19.3. The van der Waals surface area contributed by atoms with Gasteiger partial charge in [-0.05, 0) is 55.3 Å². The summed E-state index contributed by atoms with van der Waals surface area (Å²) in [5.74, 6) is -1.29. The van der Waals surface area contributed by atoms with E-state index in [0.717, 1.165) is 35.9 Å². The van der Waals surface area contributed by atoms with Gasteiger partial charge < -0.3 is 14.1 Å². The van der Waals surface area contributed by atoms with Crippen LogP contribution in [0.15, 0.2) is 70.1 Å². The zero-order valence-corrected chi connectivity index (χ0v) is 24.0. The van der Waals surface area contributed by atoms with Crippen molar-refractivity contribution in [3.05, 3.63) is 88.8 Å². The van der Waals surface area contributed by atoms with Gasteiger partial charge in [0, 0.05) is 41.5 Å². The van der Waals surface area contributed by atoms with Crippen molar-refractivity contribution >= 4 is 21.9 Å². The standard InChI is InChI=1S/C32H28F3N7O3/c33-25-12-27-28(11-24(25)22-4-1-5-26-23(22)8-9-36-26)42(20-3-2-10-40(15-20)21-16-44-17-21)32(43)41(27)14-19-7-6-18(13-37-19)30-38-39-31(45-30)29(34)35/h1,4-9,11-13,20-21,29,36H,2-3,10,14-17H2/t20-/m1/s1. The molecule has 0 saturated carbocycles. The van der Waals surface area contributed by atoms with Crippen LogP contribution in [0.3, 0.4) is 0 Å². The van der Waals surface area contributed by atoms with E-state index in [1.165, 1.54) is 12.3 Å². The molecule has 8 rings (SSSR count). The van der Waals surface area contributed by atoms with Crippen LogP contribution < -0.4 is 5.69 Å². The first-order valence-corrected chi connectivity index (χ1v) is 14.8. The van der Waals surface area contributed by atoms with E-state index in [2.05, 4.69) is 25.1 Å². The van der Waals surface area contributed by atoms with Gasteiger partial charge in [-0.15, -0.1) is 10.2 Å². The number of H-pyrrole nitrogens is 1. The van der Waals surface area contributed by atoms with Crippen molar-refractivity contribution < 1.29 is 22.3 Å². The molecule has 1 N–H and O–H groups in total. The Hall–Kier alpha value is -4.75. The molecular formula is C32H28F3N7O3. The number of ether oxygens (including phenoxy) is 1. The largest absolute Gasteiger partial charge is 0.415 e. The normalized spacial score (nSPS) is 17.9. The number of rotatable bonds is 7. The Morgan fingerprint density at radius 2 is 1.91 bits per heavy atom. The van der Waals surface area contributed by atoms with Crippen LogP contribution in [0, 0.1) is 5.82 Å². The molecule has 0 radical (unpaired) electrons. The smallest absolute Gasteiger partial charge is 0.329 e. The number of nitrogens with zero attached hydrogens (tertiary/aromatic N) is 6. The zero-order valence-electron chi connectivity index (χ0n) is 24.0. The molecule has 6 aromatic rings. The predicted octanol–water partition coefficient (Wildman–Crippen LogP) is 5.56. The molecule has 0 unspecified atom stereocenters. The van der Waals surface area contributed by atoms with Crippen molar-refractivity contribution in [1.82, 2.24) is 34.2 Å². The van der Waals surface area contributed by atoms with Gasteiger partial charge in [-0.25, -0.2) is 9.18 Å². The van der Waals surface area contributed by atoms with E-state index >= 15 is 4.39 Å². The molecule has 13 heteroatoms. The van der Waals surface area contributed by atoms with Gasteiger partial charge >= 0.3 is 12.1 Å². The number of alkyl halides is 2. The fourth-order valence-corrected chi connectivity index (χ4v) is 6.53. The fourth-order valence-electron chi connectivity index (χ4n) is 6.53. The quantitative estimate of drug-likeness (QED) is 0.251. The highest BCUT2D eigenvalue weighted by molar-refractivity contribution is 5.97. The van der Waals surface area contributed by atoms with Crippen LogP contribution in [-0.4, -0.2) is 66.5 Å². The molecule has 2 aliphatic rings. The molecule has 2 aromatic carbocycles. The molecule has 2 fully saturated rings. The van der Waals surface area contributed by atoms with Crippen molar-refractivity contribution in [1.29, 1.82) is 0 Å². The first-order chi connectivity index (χ1) is 21.9. The van der Waals surface area contributed by atoms with Gasteiger partial charge in [0.15, 0.2) is 0 Å². The Balaban J connectivity index is 1.22. The maximum absolute atomic E-state index is 16.0. The molecule has 45 heavy (non-hydrogen) atoms. The number of nitrogens with one attached hydrogen (secondary N) is 1. The van der Waals surface area contributed by atoms with Crippen LogP contribution in [0.25, 0.3) is 44.5 Å². The van der Waals surface area contributed by atoms with Crippen molar-refractivity contribution in [3.8, 4) is 22.6 Å². The maximum Gasteiger partial charge on any atom is 0.329 e. The number of aromatic nitrogens is 6. The zero-order chi connectivity index (χ0) is 30.7. The molecular weight excluding hydrogens is 587 g/mol. The Morgan fingerprint density at radius 1 is 1.02 bits per heavy atom. The lowest BCUT2D eigenvalue weighted by molar-refractivity contribution is -0.0751. The molecule has 0 spiro atoms. The van der Waals surface area contributed by atoms with Crippen molar-refractivity contribution in [2.45, 2.75) is 37.9 Å². The topological polar surface area (TPSA) is 107 Å². The minimum atomic E-state index is -2.88. The summed E-state index contributed by atoms with van der Waals surface area (Å²) < 4.78 is 55.7. The van der Waals surface area contributed by atoms with Crippen molar-refractivity contribution in [3.63, 3.8) is 0 Å². The van der Waals surface area contributed by atoms with Gasteiger partial charge in [0.2, 0.25) is 5.89 Å². The van der Waals surface area contributed by atoms with E-state index in [1.807, 2.05) is 35.0 Å². The van der Waals surface area contributed by atoms with Crippen LogP contribution in [0.4, 0.5) is 13.2 Å². The van der Waals surface area contributed by atoms with Gasteiger partial charge in [-0.2, -0.15) is 8.78 Å². The number of imidazole rings is 1. The Kier molecular flexibility index (Phi) is 6.79. The molecule has 0 bridgehead atoms. The summed E-state index contributed by atoms with van der Waals surface area (Å²) in [5.41, 5.74) is 3.82. The summed E-state index contributed by atoms with van der Waals surface area (Å²) in [6.45, 7) is 3.10. The minimum Gasteiger partial charge on any atom is -0.415 e. The lowest BCUT2D eigenvalue weighted by atomic mass is 9.99. The van der Waals surface area contributed by atoms with E-state index in [0.29, 0.717) is 53.7 Å². The maximum atomic E-state index is 16.0. The minimum absolute atomic E-state index is 0.0772. The third-order valence-corrected chi connectivity index (χ3v) is 8.89. The summed E-state index contributed by atoms with van der Waals surface area (Å²) in [6, 6.07) is 14.4. The second kappa shape index (κ2) is 11.0. The van der Waals surface area contributed by atoms with Crippen LogP contribution in [-0.2, 0) is 11.3 Å². The third kappa shape index (κ3) is 4.82. The Morgan fingerprint density at radius 3 is 2.67 bits per heavy atom. The highest BCUT2D eigenvalue weighted by Crippen LogP contribution is 2.35. The van der Waals surface area contributed by atoms with Crippen molar-refractivity contribution in [2.75, 3.05) is 26.3 Å². The molecule has 1 atom stereocenters. The number of halogens is 3. The first-order valence-electron chi connectivity index (χ1n) is 14.8. The summed E-state index contributed by atoms with van der Waals surface area (Å²) in [6.07, 6.45) is 2.13. The van der Waals surface area contributed by atoms with Crippen molar-refractivity contribution in [2.24, 2.45) is 0 Å². The average molecular weight is 616 g/mol. The van der Waals surface area contributed by atoms with E-state index in [4.69, 9.17) is 9.15 Å². The van der Waals surface area contributed by atoms with Gasteiger partial charge in [0.25, 0.3) is 5.89 Å². The monoisotopic (exact) mass is 615 g/mol. The van der Waals surface area contributed by atoms with Gasteiger partial charge in [-0.3, -0.25) is 19.0 Å². The Labute approximate surface area is 254 Å². The number of hydrogen-bond acceptors (Lipinski definition) is 7. The molecule has 6 heterocycles. The first kappa shape index (κ1) is 27.8. The van der Waals surface area contributed by atoms with E-state index in [1.54, 1.807) is 22.8 Å². The Bertz CT molecular complexity index is 2080. The third-order valence-electron chi connectivity index (χ3n) is 8.89. The van der Waals surface area contributed by atoms with Crippen LogP contribution in [0.1, 0.15) is 36.9 Å². The number of likely N-dealkylation sites (tertiary alicyclic amines) is 1. The lowest BCUT2D eigenvalue weighted by Crippen LogP contribution is -2.53. The lowest BCUT2D eigenvalue weighted by Gasteiger charge is -2.42. The average Bonchev–Trinajstić information content (AvgIpc) is 3.76. The van der Waals surface area contributed by atoms with Gasteiger partial charge in [-0.1, -0.05) is 12.1 Å². The summed E-state index contributed by atoms with van der Waals surface area (Å²) in [4.78, 5) is 24.3. The molecule has 0 aliphatic carbocycles. The molecule has 4 aromatic heterocycles. The number of fused-ring (bicyclic) bond motifs is 2. The number of hydrogen-bond donors (Lipinski definition) is 1. The number of pyridine rings is 1. The van der Waals surface area contributed by atoms with E-state index in [-0.39, 0.29) is 24.2 Å². The number of aromatic amines is 1. The van der Waals surface area contributed by atoms with Crippen LogP contribution >= 0.6 is 0 Å². The predicted molar refractivity (Wildman–Crippen MR) is 159 cm³/mol. The van der Waals surface area contributed by atoms with E-state index in [9.17, 15) is 13.6 Å². The fraction of sp³-hybridized carbons (Fsp3) is 0.312. The van der Waals surface area contributed by atoms with Crippen LogP contribution in [0.5, 0.6) is 0 Å². The SMILES string of the molecule is O=c1n(Cc2ccc(-c3nnc(C(F)F)o3)cn2)c2cc(F)c(-c3cccc4[nH]ccc34)cc2n1[C@@H]1CCCN(C2COC2)C1. The highest BCUT2D eigenvalue weighted by Gasteiger charge is 2.33. The second-order valence-corrected chi connectivity index (χ2v) is 11.6. The number of piperidine rings is 1. The van der Waals surface area contributed by atoms with Gasteiger partial charge in [0.05, 0.1) is 54.1 Å².